The largest absolute Gasteiger partial charge is 0.278 e. The van der Waals surface area contributed by atoms with Crippen LogP contribution in [-0.2, 0) is 6.42 Å². The van der Waals surface area contributed by atoms with Crippen LogP contribution in [0.5, 0.6) is 0 Å². The number of rotatable bonds is 2. The van der Waals surface area contributed by atoms with Crippen molar-refractivity contribution in [3.8, 4) is 11.3 Å². The van der Waals surface area contributed by atoms with Gasteiger partial charge in [-0.2, -0.15) is 9.78 Å². The second kappa shape index (κ2) is 7.07. The van der Waals surface area contributed by atoms with E-state index < -0.39 is 0 Å². The fraction of sp³-hybridized carbons (Fsp3) is 0.467. The number of benzene rings is 2. The summed E-state index contributed by atoms with van der Waals surface area (Å²) in [7, 11) is 0. The van der Waals surface area contributed by atoms with Crippen molar-refractivity contribution < 1.29 is 4.79 Å². The van der Waals surface area contributed by atoms with E-state index in [-0.39, 0.29) is 22.2 Å². The summed E-state index contributed by atoms with van der Waals surface area (Å²) in [6, 6.07) is 15.7. The summed E-state index contributed by atoms with van der Waals surface area (Å²) in [5, 5.41) is 5.90. The number of nitrogens with zero attached hydrogens (tertiary/aromatic N) is 2. The summed E-state index contributed by atoms with van der Waals surface area (Å²) in [6.45, 7) is 11.8. The Morgan fingerprint density at radius 1 is 1.03 bits per heavy atom. The molecule has 0 N–H and O–H groups in total. The molecule has 2 saturated carbocycles. The van der Waals surface area contributed by atoms with Gasteiger partial charge in [0.05, 0.1) is 11.4 Å². The Balaban J connectivity index is 1.61. The molecule has 3 aliphatic carbocycles. The van der Waals surface area contributed by atoms with Crippen LogP contribution in [-0.4, -0.2) is 15.7 Å². The van der Waals surface area contributed by atoms with Crippen molar-refractivity contribution in [3.05, 3.63) is 75.9 Å². The number of halogens is 1. The lowest BCUT2D eigenvalue weighted by Crippen LogP contribution is -2.48. The first-order chi connectivity index (χ1) is 16.0. The van der Waals surface area contributed by atoms with E-state index in [2.05, 4.69) is 27.7 Å². The molecule has 1 spiro atoms. The summed E-state index contributed by atoms with van der Waals surface area (Å²) in [6.07, 6.45) is 4.81. The molecule has 0 saturated heterocycles. The Bertz CT molecular complexity index is 1300. The number of carbonyl (C=O) groups is 1. The van der Waals surface area contributed by atoms with E-state index >= 15 is 0 Å². The number of aromatic nitrogens is 2. The van der Waals surface area contributed by atoms with Gasteiger partial charge >= 0.3 is 0 Å². The van der Waals surface area contributed by atoms with E-state index in [1.165, 1.54) is 24.8 Å². The van der Waals surface area contributed by atoms with Gasteiger partial charge in [-0.15, -0.1) is 0 Å². The summed E-state index contributed by atoms with van der Waals surface area (Å²) in [5.41, 5.74) is 6.76. The highest BCUT2D eigenvalue weighted by Gasteiger charge is 2.69. The second-order valence-electron chi connectivity index (χ2n) is 12.2. The van der Waals surface area contributed by atoms with Crippen LogP contribution in [0.2, 0.25) is 5.02 Å². The van der Waals surface area contributed by atoms with E-state index in [1.807, 2.05) is 55.5 Å². The Morgan fingerprint density at radius 3 is 2.38 bits per heavy atom. The van der Waals surface area contributed by atoms with Gasteiger partial charge in [-0.3, -0.25) is 4.79 Å². The highest BCUT2D eigenvalue weighted by atomic mass is 35.5. The highest BCUT2D eigenvalue weighted by molar-refractivity contribution is 6.30. The van der Waals surface area contributed by atoms with Crippen molar-refractivity contribution in [2.24, 2.45) is 22.2 Å². The van der Waals surface area contributed by atoms with E-state index in [1.54, 1.807) is 4.68 Å². The van der Waals surface area contributed by atoms with Gasteiger partial charge < -0.3 is 0 Å². The normalized spacial score (nSPS) is 27.9. The van der Waals surface area contributed by atoms with Crippen molar-refractivity contribution in [1.82, 2.24) is 9.78 Å². The minimum Gasteiger partial charge on any atom is -0.267 e. The molecular weight excluding hydrogens is 440 g/mol. The minimum atomic E-state index is -0.0628. The zero-order valence-electron chi connectivity index (χ0n) is 20.8. The molecule has 3 atom stereocenters. The molecule has 2 bridgehead atoms. The lowest BCUT2D eigenvalue weighted by atomic mass is 9.49. The molecule has 34 heavy (non-hydrogen) atoms. The second-order valence-corrected chi connectivity index (χ2v) is 12.6. The number of carbonyl (C=O) groups excluding carboxylic acids is 1. The van der Waals surface area contributed by atoms with E-state index in [4.69, 9.17) is 16.7 Å². The molecule has 0 aliphatic heterocycles. The molecule has 0 radical (unpaired) electrons. The predicted octanol–water partition coefficient (Wildman–Crippen LogP) is 7.69. The van der Waals surface area contributed by atoms with Crippen LogP contribution >= 0.6 is 11.6 Å². The standard InChI is InChI=1S/C30H33ClN2O/c1-18-6-8-20(9-7-18)27(34)33-25(19-10-12-22(31)13-11-19)23-17-28(2,3)30-15-14-21(16-30)29(4,5)26(30)24(23)32-33/h6-13,21,26H,14-17H2,1-5H3. The van der Waals surface area contributed by atoms with Crippen LogP contribution in [0.1, 0.15) is 80.1 Å². The van der Waals surface area contributed by atoms with Gasteiger partial charge in [0, 0.05) is 27.6 Å². The molecule has 176 valence electrons. The first-order valence-electron chi connectivity index (χ1n) is 12.5. The zero-order chi connectivity index (χ0) is 24.0. The number of hydrogen-bond acceptors (Lipinski definition) is 2. The van der Waals surface area contributed by atoms with Crippen molar-refractivity contribution in [2.75, 3.05) is 0 Å². The SMILES string of the molecule is Cc1ccc(C(=O)n2nc3c(c2-c2ccc(Cl)cc2)CC(C)(C)C24CCC(C2)C(C)(C)C34)cc1. The third-order valence-electron chi connectivity index (χ3n) is 9.76. The average Bonchev–Trinajstić information content (AvgIpc) is 3.44. The molecule has 3 aliphatic rings. The maximum Gasteiger partial charge on any atom is 0.278 e. The summed E-state index contributed by atoms with van der Waals surface area (Å²) in [5.74, 6) is 1.03. The van der Waals surface area contributed by atoms with Crippen molar-refractivity contribution in [2.45, 2.75) is 66.2 Å². The van der Waals surface area contributed by atoms with E-state index in [0.29, 0.717) is 16.5 Å². The van der Waals surface area contributed by atoms with Gasteiger partial charge in [-0.05, 0) is 79.0 Å². The molecule has 3 unspecified atom stereocenters. The van der Waals surface area contributed by atoms with Crippen LogP contribution in [0.4, 0.5) is 0 Å². The Morgan fingerprint density at radius 2 is 1.71 bits per heavy atom. The topological polar surface area (TPSA) is 34.9 Å². The fourth-order valence-corrected chi connectivity index (χ4v) is 8.03. The van der Waals surface area contributed by atoms with Crippen molar-refractivity contribution in [1.29, 1.82) is 0 Å². The number of aryl methyl sites for hydroxylation is 1. The number of hydrogen-bond donors (Lipinski definition) is 0. The van der Waals surface area contributed by atoms with Gasteiger partial charge in [0.25, 0.3) is 5.91 Å². The third-order valence-corrected chi connectivity index (χ3v) is 10.0. The zero-order valence-corrected chi connectivity index (χ0v) is 21.5. The molecule has 3 aromatic rings. The molecule has 2 fully saturated rings. The molecular formula is C30H33ClN2O. The maximum absolute atomic E-state index is 13.9. The van der Waals surface area contributed by atoms with Crippen molar-refractivity contribution in [3.63, 3.8) is 0 Å². The van der Waals surface area contributed by atoms with Gasteiger partial charge in [0.2, 0.25) is 0 Å². The predicted molar refractivity (Wildman–Crippen MR) is 137 cm³/mol. The maximum atomic E-state index is 13.9. The van der Waals surface area contributed by atoms with Crippen LogP contribution in [0, 0.1) is 29.1 Å². The van der Waals surface area contributed by atoms with Gasteiger partial charge in [0.15, 0.2) is 0 Å². The Labute approximate surface area is 207 Å². The molecule has 3 nitrogen and oxygen atoms in total. The molecule has 0 amide bonds. The third kappa shape index (κ3) is 2.83. The summed E-state index contributed by atoms with van der Waals surface area (Å²) in [4.78, 5) is 13.9. The Kier molecular flexibility index (Phi) is 4.60. The van der Waals surface area contributed by atoms with Gasteiger partial charge in [0.1, 0.15) is 0 Å². The summed E-state index contributed by atoms with van der Waals surface area (Å²) < 4.78 is 1.70. The number of fused-ring (bicyclic) bond motifs is 3. The van der Waals surface area contributed by atoms with Crippen LogP contribution in [0.25, 0.3) is 11.3 Å². The smallest absolute Gasteiger partial charge is 0.267 e. The van der Waals surface area contributed by atoms with Gasteiger partial charge in [-0.25, -0.2) is 0 Å². The molecule has 1 aromatic heterocycles. The first-order valence-corrected chi connectivity index (χ1v) is 12.9. The summed E-state index contributed by atoms with van der Waals surface area (Å²) >= 11 is 6.24. The van der Waals surface area contributed by atoms with Crippen molar-refractivity contribution >= 4 is 17.5 Å². The molecule has 4 heteroatoms. The monoisotopic (exact) mass is 472 g/mol. The average molecular weight is 473 g/mol. The fourth-order valence-electron chi connectivity index (χ4n) is 7.90. The quantitative estimate of drug-likeness (QED) is 0.383. The van der Waals surface area contributed by atoms with Gasteiger partial charge in [-0.1, -0.05) is 69.1 Å². The minimum absolute atomic E-state index is 0.0628. The highest BCUT2D eigenvalue weighted by Crippen LogP contribution is 2.77. The molecule has 6 rings (SSSR count). The lowest BCUT2D eigenvalue weighted by Gasteiger charge is -2.55. The van der Waals surface area contributed by atoms with Crippen LogP contribution in [0.15, 0.2) is 48.5 Å². The van der Waals surface area contributed by atoms with E-state index in [9.17, 15) is 4.79 Å². The lowest BCUT2D eigenvalue weighted by molar-refractivity contribution is 0.00338. The van der Waals surface area contributed by atoms with E-state index in [0.717, 1.165) is 34.9 Å². The molecule has 2 aromatic carbocycles. The molecule has 1 heterocycles. The van der Waals surface area contributed by atoms with Crippen LogP contribution in [0.3, 0.4) is 0 Å². The van der Waals surface area contributed by atoms with Crippen LogP contribution < -0.4 is 0 Å². The first kappa shape index (κ1) is 22.1. The Hall–Kier alpha value is -2.39.